The highest BCUT2D eigenvalue weighted by Gasteiger charge is 2.20. The van der Waals surface area contributed by atoms with Gasteiger partial charge in [0.05, 0.1) is 12.8 Å². The lowest BCUT2D eigenvalue weighted by Crippen LogP contribution is -2.26. The summed E-state index contributed by atoms with van der Waals surface area (Å²) < 4.78 is 5.55. The van der Waals surface area contributed by atoms with Gasteiger partial charge in [-0.15, -0.1) is 10.2 Å². The van der Waals surface area contributed by atoms with Crippen LogP contribution in [0.25, 0.3) is 0 Å². The molecule has 1 aromatic heterocycles. The van der Waals surface area contributed by atoms with Crippen LogP contribution in [-0.2, 0) is 13.0 Å². The molecule has 2 amide bonds. The number of hydrogen-bond acceptors (Lipinski definition) is 8. The molecule has 170 valence electrons. The molecule has 0 radical (unpaired) electrons. The normalized spacial score (nSPS) is 13.2. The number of carbonyl (C=O) groups is 2. The molecule has 1 aliphatic heterocycles. The van der Waals surface area contributed by atoms with E-state index >= 15 is 0 Å². The number of hydrogen-bond donors (Lipinski definition) is 3. The molecule has 0 aliphatic carbocycles. The van der Waals surface area contributed by atoms with Gasteiger partial charge in [0, 0.05) is 18.7 Å². The molecule has 4 N–H and O–H groups in total. The molecule has 4 rings (SSSR count). The van der Waals surface area contributed by atoms with E-state index in [2.05, 4.69) is 37.8 Å². The number of rotatable bonds is 6. The van der Waals surface area contributed by atoms with Crippen molar-refractivity contribution >= 4 is 29.3 Å². The fraction of sp³-hybridized carbons (Fsp3) is 0.261. The molecule has 0 unspecified atom stereocenters. The van der Waals surface area contributed by atoms with Crippen molar-refractivity contribution in [3.63, 3.8) is 0 Å². The summed E-state index contributed by atoms with van der Waals surface area (Å²) in [5, 5.41) is 13.6. The van der Waals surface area contributed by atoms with E-state index in [9.17, 15) is 9.59 Å². The number of nitrogens with one attached hydrogen (secondary N) is 2. The molecule has 0 bridgehead atoms. The minimum Gasteiger partial charge on any atom is -0.495 e. The maximum Gasteiger partial charge on any atom is 0.273 e. The number of nitrogens with two attached hydrogens (primary N) is 1. The third kappa shape index (κ3) is 4.75. The van der Waals surface area contributed by atoms with Gasteiger partial charge in [-0.3, -0.25) is 9.59 Å². The Morgan fingerprint density at radius 2 is 1.94 bits per heavy atom. The van der Waals surface area contributed by atoms with Crippen molar-refractivity contribution in [3.05, 3.63) is 64.3 Å². The molecule has 0 saturated heterocycles. The number of methoxy groups -OCH3 is 1. The Balaban J connectivity index is 1.65. The quantitative estimate of drug-likeness (QED) is 0.524. The third-order valence-corrected chi connectivity index (χ3v) is 5.51. The second kappa shape index (κ2) is 9.21. The van der Waals surface area contributed by atoms with Crippen LogP contribution >= 0.6 is 0 Å². The van der Waals surface area contributed by atoms with Crippen molar-refractivity contribution in [3.8, 4) is 5.75 Å². The lowest BCUT2D eigenvalue weighted by atomic mass is 9.99. The van der Waals surface area contributed by atoms with Gasteiger partial charge < -0.3 is 26.0 Å². The number of ether oxygens (including phenoxy) is 1. The van der Waals surface area contributed by atoms with Crippen LogP contribution in [0.3, 0.4) is 0 Å². The maximum absolute atomic E-state index is 12.8. The summed E-state index contributed by atoms with van der Waals surface area (Å²) in [5.41, 5.74) is 9.46. The van der Waals surface area contributed by atoms with Gasteiger partial charge in [-0.25, -0.2) is 0 Å². The van der Waals surface area contributed by atoms with E-state index in [0.29, 0.717) is 17.0 Å². The molecule has 0 fully saturated rings. The fourth-order valence-corrected chi connectivity index (χ4v) is 3.75. The summed E-state index contributed by atoms with van der Waals surface area (Å²) in [6.45, 7) is 3.61. The molecular formula is C23H25N7O3. The average molecular weight is 447 g/mol. The molecule has 3 aromatic rings. The third-order valence-electron chi connectivity index (χ3n) is 5.51. The highest BCUT2D eigenvalue weighted by atomic mass is 16.5. The van der Waals surface area contributed by atoms with Gasteiger partial charge in [0.25, 0.3) is 11.8 Å². The molecule has 0 atom stereocenters. The van der Waals surface area contributed by atoms with Crippen molar-refractivity contribution < 1.29 is 14.3 Å². The summed E-state index contributed by atoms with van der Waals surface area (Å²) in [7, 11) is 3.66. The van der Waals surface area contributed by atoms with E-state index in [0.717, 1.165) is 25.1 Å². The highest BCUT2D eigenvalue weighted by molar-refractivity contribution is 6.07. The number of carbonyl (C=O) groups excluding carboxylic acids is 2. The molecule has 2 aromatic carbocycles. The van der Waals surface area contributed by atoms with Crippen molar-refractivity contribution in [2.45, 2.75) is 19.9 Å². The van der Waals surface area contributed by atoms with Gasteiger partial charge in [0.1, 0.15) is 5.75 Å². The standard InChI is InChI=1S/C23H25N7O3/c1-13-6-4-5-7-16(13)22(32)26-21-19(20(24)31)28-29-23(27-21)25-17-10-14-8-9-30(2)12-15(14)11-18(17)33-3/h4-7,10-11H,8-9,12H2,1-3H3,(H2,24,31)(H2,25,26,27,29,32). The van der Waals surface area contributed by atoms with Gasteiger partial charge >= 0.3 is 0 Å². The van der Waals surface area contributed by atoms with Crippen molar-refractivity contribution in [2.24, 2.45) is 5.73 Å². The number of nitrogens with zero attached hydrogens (tertiary/aromatic N) is 4. The predicted octanol–water partition coefficient (Wildman–Crippen LogP) is 2.27. The van der Waals surface area contributed by atoms with E-state index in [1.54, 1.807) is 19.2 Å². The Morgan fingerprint density at radius 3 is 2.67 bits per heavy atom. The van der Waals surface area contributed by atoms with Crippen LogP contribution in [0.5, 0.6) is 5.75 Å². The summed E-state index contributed by atoms with van der Waals surface area (Å²) >= 11 is 0. The predicted molar refractivity (Wildman–Crippen MR) is 124 cm³/mol. The Morgan fingerprint density at radius 1 is 1.15 bits per heavy atom. The first-order valence-corrected chi connectivity index (χ1v) is 10.4. The van der Waals surface area contributed by atoms with Crippen molar-refractivity contribution in [1.82, 2.24) is 20.1 Å². The van der Waals surface area contributed by atoms with Crippen LogP contribution in [-0.4, -0.2) is 52.6 Å². The zero-order chi connectivity index (χ0) is 23.5. The Hall–Kier alpha value is -4.05. The number of aromatic nitrogens is 3. The first kappa shape index (κ1) is 22.2. The highest BCUT2D eigenvalue weighted by Crippen LogP contribution is 2.33. The maximum atomic E-state index is 12.8. The lowest BCUT2D eigenvalue weighted by molar-refractivity contribution is 0.0995. The van der Waals surface area contributed by atoms with E-state index in [4.69, 9.17) is 10.5 Å². The molecule has 10 heteroatoms. The number of anilines is 3. The zero-order valence-electron chi connectivity index (χ0n) is 18.7. The smallest absolute Gasteiger partial charge is 0.273 e. The molecule has 10 nitrogen and oxygen atoms in total. The van der Waals surface area contributed by atoms with Crippen LogP contribution in [0, 0.1) is 6.92 Å². The van der Waals surface area contributed by atoms with E-state index in [1.165, 1.54) is 11.1 Å². The number of primary amides is 1. The average Bonchev–Trinajstić information content (AvgIpc) is 2.79. The van der Waals surface area contributed by atoms with Crippen LogP contribution in [0.2, 0.25) is 0 Å². The topological polar surface area (TPSA) is 135 Å². The minimum absolute atomic E-state index is 0.0770. The monoisotopic (exact) mass is 447 g/mol. The molecule has 33 heavy (non-hydrogen) atoms. The van der Waals surface area contributed by atoms with Gasteiger partial charge in [-0.2, -0.15) is 4.98 Å². The second-order valence-corrected chi connectivity index (χ2v) is 7.90. The zero-order valence-corrected chi connectivity index (χ0v) is 18.7. The SMILES string of the molecule is COc1cc2c(cc1Nc1nnc(C(N)=O)c(NC(=O)c3ccccc3C)n1)CCN(C)C2. The van der Waals surface area contributed by atoms with Crippen LogP contribution in [0.15, 0.2) is 36.4 Å². The van der Waals surface area contributed by atoms with Crippen LogP contribution in [0.4, 0.5) is 17.5 Å². The largest absolute Gasteiger partial charge is 0.495 e. The number of fused-ring (bicyclic) bond motifs is 1. The molecule has 0 spiro atoms. The number of likely N-dealkylation sites (N-methyl/N-ethyl adjacent to an activating group) is 1. The van der Waals surface area contributed by atoms with Crippen LogP contribution in [0.1, 0.15) is 37.5 Å². The van der Waals surface area contributed by atoms with Crippen molar-refractivity contribution in [2.75, 3.05) is 31.3 Å². The Bertz CT molecular complexity index is 1230. The van der Waals surface area contributed by atoms with E-state index < -0.39 is 11.8 Å². The Labute approximate surface area is 191 Å². The summed E-state index contributed by atoms with van der Waals surface area (Å²) in [5.74, 6) is -0.648. The summed E-state index contributed by atoms with van der Waals surface area (Å²) in [6, 6.07) is 11.1. The minimum atomic E-state index is -0.850. The van der Waals surface area contributed by atoms with Gasteiger partial charge in [0.2, 0.25) is 5.95 Å². The number of amides is 2. The molecule has 0 saturated carbocycles. The van der Waals surface area contributed by atoms with Crippen LogP contribution < -0.4 is 21.1 Å². The lowest BCUT2D eigenvalue weighted by Gasteiger charge is -2.26. The van der Waals surface area contributed by atoms with E-state index in [-0.39, 0.29) is 17.5 Å². The van der Waals surface area contributed by atoms with Crippen molar-refractivity contribution in [1.29, 1.82) is 0 Å². The van der Waals surface area contributed by atoms with Gasteiger partial charge in [-0.1, -0.05) is 18.2 Å². The first-order valence-electron chi connectivity index (χ1n) is 10.4. The fourth-order valence-electron chi connectivity index (χ4n) is 3.75. The van der Waals surface area contributed by atoms with Gasteiger partial charge in [0.15, 0.2) is 11.5 Å². The Kier molecular flexibility index (Phi) is 6.18. The molecular weight excluding hydrogens is 422 g/mol. The molecule has 2 heterocycles. The second-order valence-electron chi connectivity index (χ2n) is 7.90. The molecule has 1 aliphatic rings. The summed E-state index contributed by atoms with van der Waals surface area (Å²) in [4.78, 5) is 31.2. The summed E-state index contributed by atoms with van der Waals surface area (Å²) in [6.07, 6.45) is 0.905. The first-order chi connectivity index (χ1) is 15.9. The number of benzene rings is 2. The van der Waals surface area contributed by atoms with Gasteiger partial charge in [-0.05, 0) is 55.3 Å². The van der Waals surface area contributed by atoms with E-state index in [1.807, 2.05) is 31.2 Å². The number of aryl methyl sites for hydroxylation is 1.